The van der Waals surface area contributed by atoms with Crippen LogP contribution >= 0.6 is 11.3 Å². The highest BCUT2D eigenvalue weighted by Gasteiger charge is 2.35. The molecule has 0 unspecified atom stereocenters. The second-order valence-corrected chi connectivity index (χ2v) is 10.5. The Kier molecular flexibility index (Phi) is 5.42. The Bertz CT molecular complexity index is 1190. The molecule has 1 atom stereocenters. The number of carbonyl (C=O) groups excluding carboxylic acids is 1. The van der Waals surface area contributed by atoms with E-state index in [1.165, 1.54) is 11.3 Å². The molecule has 1 aromatic heterocycles. The van der Waals surface area contributed by atoms with Crippen LogP contribution < -0.4 is 10.1 Å². The molecule has 0 saturated heterocycles. The zero-order valence-electron chi connectivity index (χ0n) is 17.0. The van der Waals surface area contributed by atoms with Crippen LogP contribution in [0, 0.1) is 6.92 Å². The van der Waals surface area contributed by atoms with Crippen LogP contribution in [0.5, 0.6) is 5.75 Å². The van der Waals surface area contributed by atoms with Crippen LogP contribution in [0.4, 0.5) is 5.69 Å². The summed E-state index contributed by atoms with van der Waals surface area (Å²) in [5, 5.41) is 4.44. The molecule has 0 saturated carbocycles. The number of aryl methyl sites for hydroxylation is 1. The summed E-state index contributed by atoms with van der Waals surface area (Å²) in [6.07, 6.45) is 0.236. The zero-order valence-corrected chi connectivity index (χ0v) is 18.6. The molecule has 2 aromatic carbocycles. The first-order valence-corrected chi connectivity index (χ1v) is 12.1. The second-order valence-electron chi connectivity index (χ2n) is 7.67. The van der Waals surface area contributed by atoms with Crippen LogP contribution in [0.15, 0.2) is 63.7 Å². The SMILES string of the molecule is Cc1ccc(S(=O)(=O)c2csc3c2NC(=O)C[C@H]3c2ccccc2OC(C)C)cc1. The van der Waals surface area contributed by atoms with Gasteiger partial charge in [0, 0.05) is 28.2 Å². The van der Waals surface area contributed by atoms with E-state index in [-0.39, 0.29) is 34.1 Å². The third-order valence-corrected chi connectivity index (χ3v) is 8.07. The molecule has 3 aromatic rings. The lowest BCUT2D eigenvalue weighted by atomic mass is 9.90. The predicted octanol–water partition coefficient (Wildman–Crippen LogP) is 5.15. The van der Waals surface area contributed by atoms with Gasteiger partial charge in [0.2, 0.25) is 15.7 Å². The Labute approximate surface area is 180 Å². The molecule has 4 rings (SSSR count). The number of ether oxygens (including phenoxy) is 1. The highest BCUT2D eigenvalue weighted by atomic mass is 32.2. The fourth-order valence-corrected chi connectivity index (χ4v) is 6.53. The van der Waals surface area contributed by atoms with Gasteiger partial charge >= 0.3 is 0 Å². The van der Waals surface area contributed by atoms with Crippen molar-refractivity contribution in [1.29, 1.82) is 0 Å². The Morgan fingerprint density at radius 2 is 1.80 bits per heavy atom. The maximum atomic E-state index is 13.3. The van der Waals surface area contributed by atoms with E-state index in [0.717, 1.165) is 21.8 Å². The maximum Gasteiger partial charge on any atom is 0.225 e. The van der Waals surface area contributed by atoms with E-state index in [1.807, 2.05) is 45.0 Å². The largest absolute Gasteiger partial charge is 0.491 e. The Morgan fingerprint density at radius 3 is 2.50 bits per heavy atom. The van der Waals surface area contributed by atoms with Crippen molar-refractivity contribution in [3.8, 4) is 5.75 Å². The van der Waals surface area contributed by atoms with Crippen LogP contribution in [0.2, 0.25) is 0 Å². The van der Waals surface area contributed by atoms with Gasteiger partial charge in [-0.05, 0) is 39.0 Å². The number of rotatable bonds is 5. The molecule has 0 bridgehead atoms. The van der Waals surface area contributed by atoms with Crippen LogP contribution in [-0.4, -0.2) is 20.4 Å². The molecular formula is C23H23NO4S2. The first-order chi connectivity index (χ1) is 14.3. The number of para-hydroxylation sites is 1. The van der Waals surface area contributed by atoms with Crippen molar-refractivity contribution in [3.63, 3.8) is 0 Å². The summed E-state index contributed by atoms with van der Waals surface area (Å²) in [6.45, 7) is 5.81. The van der Waals surface area contributed by atoms with Crippen LogP contribution in [0.25, 0.3) is 0 Å². The predicted molar refractivity (Wildman–Crippen MR) is 118 cm³/mol. The van der Waals surface area contributed by atoms with Crippen molar-refractivity contribution in [3.05, 3.63) is 69.9 Å². The van der Waals surface area contributed by atoms with Crippen LogP contribution in [-0.2, 0) is 14.6 Å². The summed E-state index contributed by atoms with van der Waals surface area (Å²) in [5.74, 6) is 0.260. The van der Waals surface area contributed by atoms with E-state index in [2.05, 4.69) is 5.32 Å². The monoisotopic (exact) mass is 441 g/mol. The molecule has 7 heteroatoms. The average molecular weight is 442 g/mol. The molecular weight excluding hydrogens is 418 g/mol. The van der Waals surface area contributed by atoms with Gasteiger partial charge in [0.15, 0.2) is 0 Å². The van der Waals surface area contributed by atoms with Gasteiger partial charge in [-0.25, -0.2) is 8.42 Å². The molecule has 0 fully saturated rings. The molecule has 2 heterocycles. The highest BCUT2D eigenvalue weighted by Crippen LogP contribution is 2.47. The van der Waals surface area contributed by atoms with Crippen molar-refractivity contribution >= 4 is 32.8 Å². The summed E-state index contributed by atoms with van der Waals surface area (Å²) >= 11 is 1.36. The van der Waals surface area contributed by atoms with Crippen molar-refractivity contribution in [2.24, 2.45) is 0 Å². The molecule has 5 nitrogen and oxygen atoms in total. The van der Waals surface area contributed by atoms with E-state index in [1.54, 1.807) is 29.6 Å². The summed E-state index contributed by atoms with van der Waals surface area (Å²) in [7, 11) is -3.75. The van der Waals surface area contributed by atoms with Crippen molar-refractivity contribution in [2.75, 3.05) is 5.32 Å². The standard InChI is InChI=1S/C23H23NO4S2/c1-14(2)28-19-7-5-4-6-17(19)18-12-21(25)24-22-20(13-29-23(18)22)30(26,27)16-10-8-15(3)9-11-16/h4-11,13-14,18H,12H2,1-3H3,(H,24,25)/t18-/m0/s1. The molecule has 30 heavy (non-hydrogen) atoms. The average Bonchev–Trinajstić information content (AvgIpc) is 3.12. The second kappa shape index (κ2) is 7.89. The fourth-order valence-electron chi connectivity index (χ4n) is 3.63. The van der Waals surface area contributed by atoms with Crippen molar-refractivity contribution in [2.45, 2.75) is 49.0 Å². The lowest BCUT2D eigenvalue weighted by Gasteiger charge is -2.26. The minimum Gasteiger partial charge on any atom is -0.491 e. The molecule has 1 N–H and O–H groups in total. The first-order valence-electron chi connectivity index (χ1n) is 9.76. The smallest absolute Gasteiger partial charge is 0.225 e. The maximum absolute atomic E-state index is 13.3. The van der Waals surface area contributed by atoms with Gasteiger partial charge in [-0.15, -0.1) is 11.3 Å². The van der Waals surface area contributed by atoms with E-state index in [4.69, 9.17) is 4.74 Å². The van der Waals surface area contributed by atoms with E-state index in [9.17, 15) is 13.2 Å². The molecule has 1 amide bonds. The molecule has 156 valence electrons. The molecule has 0 aliphatic carbocycles. The summed E-state index contributed by atoms with van der Waals surface area (Å²) < 4.78 is 32.5. The Balaban J connectivity index is 1.81. The third kappa shape index (κ3) is 3.75. The minimum atomic E-state index is -3.75. The van der Waals surface area contributed by atoms with Crippen molar-refractivity contribution < 1.29 is 17.9 Å². The van der Waals surface area contributed by atoms with Gasteiger partial charge in [-0.3, -0.25) is 4.79 Å². The first kappa shape index (κ1) is 20.6. The molecule has 0 radical (unpaired) electrons. The van der Waals surface area contributed by atoms with E-state index in [0.29, 0.717) is 5.69 Å². The Hall–Kier alpha value is -2.64. The van der Waals surface area contributed by atoms with Gasteiger partial charge in [-0.1, -0.05) is 35.9 Å². The lowest BCUT2D eigenvalue weighted by Crippen LogP contribution is -2.24. The topological polar surface area (TPSA) is 72.5 Å². The number of fused-ring (bicyclic) bond motifs is 1. The zero-order chi connectivity index (χ0) is 21.5. The van der Waals surface area contributed by atoms with Gasteiger partial charge in [-0.2, -0.15) is 0 Å². The number of carbonyl (C=O) groups is 1. The highest BCUT2D eigenvalue weighted by molar-refractivity contribution is 7.91. The minimum absolute atomic E-state index is 0.0103. The molecule has 1 aliphatic heterocycles. The number of anilines is 1. The van der Waals surface area contributed by atoms with Crippen LogP contribution in [0.3, 0.4) is 0 Å². The van der Waals surface area contributed by atoms with Crippen LogP contribution in [0.1, 0.15) is 42.2 Å². The number of amides is 1. The Morgan fingerprint density at radius 1 is 1.10 bits per heavy atom. The molecule has 1 aliphatic rings. The number of benzene rings is 2. The molecule has 0 spiro atoms. The van der Waals surface area contributed by atoms with Crippen molar-refractivity contribution in [1.82, 2.24) is 0 Å². The van der Waals surface area contributed by atoms with Gasteiger partial charge in [0.1, 0.15) is 10.6 Å². The summed E-state index contributed by atoms with van der Waals surface area (Å²) in [5.41, 5.74) is 2.26. The van der Waals surface area contributed by atoms with E-state index >= 15 is 0 Å². The van der Waals surface area contributed by atoms with Gasteiger partial charge < -0.3 is 10.1 Å². The van der Waals surface area contributed by atoms with E-state index < -0.39 is 9.84 Å². The number of thiophene rings is 1. The summed E-state index contributed by atoms with van der Waals surface area (Å²) in [6, 6.07) is 14.4. The number of sulfone groups is 1. The third-order valence-electron chi connectivity index (χ3n) is 5.03. The summed E-state index contributed by atoms with van der Waals surface area (Å²) in [4.78, 5) is 13.8. The lowest BCUT2D eigenvalue weighted by molar-refractivity contribution is -0.116. The van der Waals surface area contributed by atoms with Gasteiger partial charge in [0.05, 0.1) is 16.7 Å². The number of nitrogens with one attached hydrogen (secondary N) is 1. The quantitative estimate of drug-likeness (QED) is 0.594. The number of hydrogen-bond acceptors (Lipinski definition) is 5. The van der Waals surface area contributed by atoms with Gasteiger partial charge in [0.25, 0.3) is 0 Å². The normalized spacial score (nSPS) is 16.3. The fraction of sp³-hybridized carbons (Fsp3) is 0.261. The number of hydrogen-bond donors (Lipinski definition) is 1.